The lowest BCUT2D eigenvalue weighted by Gasteiger charge is -2.11. The van der Waals surface area contributed by atoms with Gasteiger partial charge in [-0.1, -0.05) is 48.0 Å². The van der Waals surface area contributed by atoms with Gasteiger partial charge in [-0.15, -0.1) is 0 Å². The van der Waals surface area contributed by atoms with Crippen molar-refractivity contribution in [3.05, 3.63) is 99.7 Å². The fraction of sp³-hybridized carbons (Fsp3) is 0.0800. The number of aryl methyl sites for hydroxylation is 1. The average Bonchev–Trinajstić information content (AvgIpc) is 3.15. The molecule has 0 amide bonds. The SMILES string of the molecule is COc1cc(C=C2N=C(c3ccccc3Cl)OC2=O)ccc1OC(=O)c1ccccc1C. The van der Waals surface area contributed by atoms with E-state index < -0.39 is 11.9 Å². The fourth-order valence-electron chi connectivity index (χ4n) is 3.13. The number of methoxy groups -OCH3 is 1. The molecule has 0 aromatic heterocycles. The predicted octanol–water partition coefficient (Wildman–Crippen LogP) is 5.22. The minimum absolute atomic E-state index is 0.117. The van der Waals surface area contributed by atoms with E-state index in [-0.39, 0.29) is 17.3 Å². The van der Waals surface area contributed by atoms with E-state index in [0.29, 0.717) is 27.5 Å². The summed E-state index contributed by atoms with van der Waals surface area (Å²) in [5, 5.41) is 0.432. The van der Waals surface area contributed by atoms with E-state index >= 15 is 0 Å². The molecule has 160 valence electrons. The third-order valence-corrected chi connectivity index (χ3v) is 5.11. The minimum atomic E-state index is -0.589. The molecule has 0 radical (unpaired) electrons. The molecule has 1 aliphatic rings. The third kappa shape index (κ3) is 4.40. The molecule has 4 rings (SSSR count). The van der Waals surface area contributed by atoms with Gasteiger partial charge in [0.1, 0.15) is 0 Å². The van der Waals surface area contributed by atoms with E-state index in [1.807, 2.05) is 19.1 Å². The minimum Gasteiger partial charge on any atom is -0.493 e. The van der Waals surface area contributed by atoms with Crippen LogP contribution in [0.3, 0.4) is 0 Å². The first-order valence-electron chi connectivity index (χ1n) is 9.69. The summed E-state index contributed by atoms with van der Waals surface area (Å²) in [5.41, 5.74) is 2.54. The van der Waals surface area contributed by atoms with Crippen LogP contribution in [0, 0.1) is 6.92 Å². The van der Waals surface area contributed by atoms with E-state index in [2.05, 4.69) is 4.99 Å². The van der Waals surface area contributed by atoms with Gasteiger partial charge in [-0.05, 0) is 54.5 Å². The topological polar surface area (TPSA) is 74.2 Å². The Kier molecular flexibility index (Phi) is 6.05. The van der Waals surface area contributed by atoms with Gasteiger partial charge in [0.05, 0.1) is 23.3 Å². The molecular formula is C25H18ClNO5. The summed E-state index contributed by atoms with van der Waals surface area (Å²) >= 11 is 6.16. The number of carbonyl (C=O) groups excluding carboxylic acids is 2. The molecule has 1 heterocycles. The predicted molar refractivity (Wildman–Crippen MR) is 121 cm³/mol. The molecule has 1 aliphatic heterocycles. The van der Waals surface area contributed by atoms with Crippen LogP contribution in [0.1, 0.15) is 27.0 Å². The van der Waals surface area contributed by atoms with Crippen LogP contribution in [0.25, 0.3) is 6.08 Å². The Labute approximate surface area is 189 Å². The molecule has 3 aromatic carbocycles. The lowest BCUT2D eigenvalue weighted by molar-refractivity contribution is -0.129. The first kappa shape index (κ1) is 21.3. The van der Waals surface area contributed by atoms with Crippen LogP contribution in [0.15, 0.2) is 77.4 Å². The van der Waals surface area contributed by atoms with Gasteiger partial charge in [0, 0.05) is 0 Å². The molecule has 0 saturated carbocycles. The molecule has 0 atom stereocenters. The standard InChI is InChI=1S/C25H18ClNO5/c1-15-7-3-4-8-17(15)24(28)31-21-12-11-16(14-22(21)30-2)13-20-25(29)32-23(27-20)18-9-5-6-10-19(18)26/h3-14H,1-2H3. The summed E-state index contributed by atoms with van der Waals surface area (Å²) in [6.07, 6.45) is 1.56. The second-order valence-electron chi connectivity index (χ2n) is 6.93. The normalized spacial score (nSPS) is 14.2. The molecule has 0 aliphatic carbocycles. The van der Waals surface area contributed by atoms with E-state index in [4.69, 9.17) is 25.8 Å². The second-order valence-corrected chi connectivity index (χ2v) is 7.34. The molecule has 0 fully saturated rings. The molecule has 6 nitrogen and oxygen atoms in total. The number of benzene rings is 3. The summed E-state index contributed by atoms with van der Waals surface area (Å²) < 4.78 is 16.2. The van der Waals surface area contributed by atoms with Crippen LogP contribution in [0.2, 0.25) is 5.02 Å². The Bertz CT molecular complexity index is 1280. The molecule has 0 spiro atoms. The number of carbonyl (C=O) groups is 2. The first-order chi connectivity index (χ1) is 15.5. The quantitative estimate of drug-likeness (QED) is 0.304. The van der Waals surface area contributed by atoms with Crippen molar-refractivity contribution < 1.29 is 23.8 Å². The van der Waals surface area contributed by atoms with Gasteiger partial charge in [0.15, 0.2) is 17.2 Å². The number of hydrogen-bond acceptors (Lipinski definition) is 6. The van der Waals surface area contributed by atoms with Gasteiger partial charge in [-0.25, -0.2) is 14.6 Å². The highest BCUT2D eigenvalue weighted by molar-refractivity contribution is 6.34. The van der Waals surface area contributed by atoms with Gasteiger partial charge in [0.25, 0.3) is 0 Å². The van der Waals surface area contributed by atoms with Crippen molar-refractivity contribution in [2.45, 2.75) is 6.92 Å². The Morgan fingerprint density at radius 1 is 1.03 bits per heavy atom. The highest BCUT2D eigenvalue weighted by atomic mass is 35.5. The monoisotopic (exact) mass is 447 g/mol. The van der Waals surface area contributed by atoms with Crippen molar-refractivity contribution in [2.75, 3.05) is 7.11 Å². The lowest BCUT2D eigenvalue weighted by Crippen LogP contribution is -2.10. The van der Waals surface area contributed by atoms with Gasteiger partial charge in [-0.2, -0.15) is 0 Å². The number of hydrogen-bond donors (Lipinski definition) is 0. The van der Waals surface area contributed by atoms with Crippen molar-refractivity contribution >= 4 is 35.5 Å². The Hall–Kier alpha value is -3.90. The maximum Gasteiger partial charge on any atom is 0.363 e. The van der Waals surface area contributed by atoms with Crippen LogP contribution in [-0.4, -0.2) is 24.9 Å². The van der Waals surface area contributed by atoms with Crippen molar-refractivity contribution in [1.29, 1.82) is 0 Å². The largest absolute Gasteiger partial charge is 0.493 e. The van der Waals surface area contributed by atoms with E-state index in [1.165, 1.54) is 7.11 Å². The Morgan fingerprint density at radius 3 is 2.53 bits per heavy atom. The van der Waals surface area contributed by atoms with E-state index in [1.54, 1.807) is 60.7 Å². The van der Waals surface area contributed by atoms with E-state index in [9.17, 15) is 9.59 Å². The van der Waals surface area contributed by atoms with Gasteiger partial charge < -0.3 is 14.2 Å². The third-order valence-electron chi connectivity index (χ3n) is 4.78. The summed E-state index contributed by atoms with van der Waals surface area (Å²) in [5.74, 6) is -0.336. The maximum atomic E-state index is 12.5. The Balaban J connectivity index is 1.60. The average molecular weight is 448 g/mol. The number of nitrogens with zero attached hydrogens (tertiary/aromatic N) is 1. The van der Waals surface area contributed by atoms with Crippen molar-refractivity contribution in [3.8, 4) is 11.5 Å². The van der Waals surface area contributed by atoms with Gasteiger partial charge in [-0.3, -0.25) is 0 Å². The molecule has 0 unspecified atom stereocenters. The smallest absolute Gasteiger partial charge is 0.363 e. The highest BCUT2D eigenvalue weighted by Gasteiger charge is 2.25. The number of aliphatic imine (C=N–C) groups is 1. The zero-order chi connectivity index (χ0) is 22.7. The van der Waals surface area contributed by atoms with Crippen molar-refractivity contribution in [3.63, 3.8) is 0 Å². The zero-order valence-electron chi connectivity index (χ0n) is 17.3. The summed E-state index contributed by atoms with van der Waals surface area (Å²) in [7, 11) is 1.47. The lowest BCUT2D eigenvalue weighted by atomic mass is 10.1. The molecule has 3 aromatic rings. The molecule has 0 N–H and O–H groups in total. The molecule has 7 heteroatoms. The molecule has 0 saturated heterocycles. The van der Waals surface area contributed by atoms with Crippen LogP contribution in [0.5, 0.6) is 11.5 Å². The van der Waals surface area contributed by atoms with Crippen LogP contribution < -0.4 is 9.47 Å². The number of esters is 2. The van der Waals surface area contributed by atoms with Crippen LogP contribution in [-0.2, 0) is 9.53 Å². The first-order valence-corrected chi connectivity index (χ1v) is 10.1. The zero-order valence-corrected chi connectivity index (χ0v) is 18.1. The number of cyclic esters (lactones) is 1. The fourth-order valence-corrected chi connectivity index (χ4v) is 3.35. The summed E-state index contributed by atoms with van der Waals surface area (Å²) in [6, 6.07) is 19.0. The summed E-state index contributed by atoms with van der Waals surface area (Å²) in [6.45, 7) is 1.83. The maximum absolute atomic E-state index is 12.5. The van der Waals surface area contributed by atoms with Gasteiger partial charge in [0.2, 0.25) is 5.90 Å². The van der Waals surface area contributed by atoms with Crippen molar-refractivity contribution in [2.24, 2.45) is 4.99 Å². The Morgan fingerprint density at radius 2 is 1.78 bits per heavy atom. The highest BCUT2D eigenvalue weighted by Crippen LogP contribution is 2.31. The molecular weight excluding hydrogens is 430 g/mol. The van der Waals surface area contributed by atoms with Crippen molar-refractivity contribution in [1.82, 2.24) is 0 Å². The van der Waals surface area contributed by atoms with Crippen LogP contribution in [0.4, 0.5) is 0 Å². The summed E-state index contributed by atoms with van der Waals surface area (Å²) in [4.78, 5) is 29.1. The number of ether oxygens (including phenoxy) is 3. The number of halogens is 1. The van der Waals surface area contributed by atoms with E-state index in [0.717, 1.165) is 5.56 Å². The molecule has 32 heavy (non-hydrogen) atoms. The number of rotatable bonds is 5. The second kappa shape index (κ2) is 9.08. The van der Waals surface area contributed by atoms with Gasteiger partial charge >= 0.3 is 11.9 Å². The van der Waals surface area contributed by atoms with Crippen LogP contribution >= 0.6 is 11.6 Å². The molecule has 0 bridgehead atoms.